The molecule has 0 aliphatic heterocycles. The number of halogens is 2. The SMILES string of the molecule is CCCn1c(C)cc(/C=C(\C#N)C(=O)OCC(=O)Nc2ccccc2SC(F)F)c1C. The molecule has 0 atom stereocenters. The summed E-state index contributed by atoms with van der Waals surface area (Å²) in [5, 5.41) is 11.8. The fraction of sp³-hybridized carbons (Fsp3) is 0.318. The number of carbonyl (C=O) groups is 2. The number of esters is 1. The minimum Gasteiger partial charge on any atom is -0.451 e. The highest BCUT2D eigenvalue weighted by atomic mass is 32.2. The molecule has 1 heterocycles. The van der Waals surface area contributed by atoms with Crippen LogP contribution in [0.1, 0.15) is 30.3 Å². The van der Waals surface area contributed by atoms with E-state index in [1.165, 1.54) is 18.2 Å². The van der Waals surface area contributed by atoms with Crippen LogP contribution in [-0.2, 0) is 20.9 Å². The monoisotopic (exact) mass is 447 g/mol. The van der Waals surface area contributed by atoms with Gasteiger partial charge in [0.25, 0.3) is 11.7 Å². The molecule has 1 aromatic carbocycles. The third-order valence-electron chi connectivity index (χ3n) is 4.41. The Hall–Kier alpha value is -3.12. The Morgan fingerprint density at radius 2 is 2.03 bits per heavy atom. The van der Waals surface area contributed by atoms with Crippen molar-refractivity contribution in [3.63, 3.8) is 0 Å². The number of hydrogen-bond donors (Lipinski definition) is 1. The van der Waals surface area contributed by atoms with Gasteiger partial charge >= 0.3 is 5.97 Å². The van der Waals surface area contributed by atoms with Crippen LogP contribution in [0.15, 0.2) is 40.8 Å². The molecular formula is C22H23F2N3O3S. The topological polar surface area (TPSA) is 84.1 Å². The molecule has 1 amide bonds. The lowest BCUT2D eigenvalue weighted by Crippen LogP contribution is -2.21. The summed E-state index contributed by atoms with van der Waals surface area (Å²) >= 11 is 0.299. The number of alkyl halides is 2. The number of aryl methyl sites for hydroxylation is 1. The van der Waals surface area contributed by atoms with Gasteiger partial charge in [0.1, 0.15) is 11.6 Å². The van der Waals surface area contributed by atoms with Crippen LogP contribution in [0.2, 0.25) is 0 Å². The predicted molar refractivity (Wildman–Crippen MR) is 116 cm³/mol. The molecule has 0 spiro atoms. The van der Waals surface area contributed by atoms with E-state index in [4.69, 9.17) is 4.74 Å². The zero-order chi connectivity index (χ0) is 23.0. The molecule has 164 valence electrons. The number of ether oxygens (including phenoxy) is 1. The molecule has 6 nitrogen and oxygen atoms in total. The van der Waals surface area contributed by atoms with E-state index in [1.54, 1.807) is 18.2 Å². The predicted octanol–water partition coefficient (Wildman–Crippen LogP) is 4.92. The van der Waals surface area contributed by atoms with Crippen LogP contribution >= 0.6 is 11.8 Å². The second-order valence-corrected chi connectivity index (χ2v) is 7.68. The molecule has 0 aliphatic carbocycles. The lowest BCUT2D eigenvalue weighted by atomic mass is 10.1. The van der Waals surface area contributed by atoms with E-state index < -0.39 is 24.2 Å². The first-order valence-corrected chi connectivity index (χ1v) is 10.4. The molecule has 0 saturated heterocycles. The first-order chi connectivity index (χ1) is 14.8. The minimum atomic E-state index is -2.64. The molecule has 31 heavy (non-hydrogen) atoms. The summed E-state index contributed by atoms with van der Waals surface area (Å²) in [6, 6.07) is 9.75. The Kier molecular flexibility index (Phi) is 8.82. The Bertz CT molecular complexity index is 1030. The molecule has 1 aromatic heterocycles. The van der Waals surface area contributed by atoms with E-state index in [9.17, 15) is 23.6 Å². The van der Waals surface area contributed by atoms with E-state index in [0.717, 1.165) is 29.9 Å². The van der Waals surface area contributed by atoms with Gasteiger partial charge in [-0.3, -0.25) is 4.79 Å². The number of benzene rings is 1. The summed E-state index contributed by atoms with van der Waals surface area (Å²) in [7, 11) is 0. The largest absolute Gasteiger partial charge is 0.451 e. The second kappa shape index (κ2) is 11.3. The van der Waals surface area contributed by atoms with Crippen molar-refractivity contribution < 1.29 is 23.1 Å². The van der Waals surface area contributed by atoms with Crippen molar-refractivity contribution in [1.29, 1.82) is 5.26 Å². The fourth-order valence-corrected chi connectivity index (χ4v) is 3.59. The number of aromatic nitrogens is 1. The average molecular weight is 448 g/mol. The number of nitrogens with one attached hydrogen (secondary N) is 1. The molecule has 0 unspecified atom stereocenters. The van der Waals surface area contributed by atoms with E-state index >= 15 is 0 Å². The van der Waals surface area contributed by atoms with Crippen molar-refractivity contribution in [3.05, 3.63) is 52.9 Å². The molecule has 9 heteroatoms. The Morgan fingerprint density at radius 3 is 2.68 bits per heavy atom. The number of para-hydroxylation sites is 1. The summed E-state index contributed by atoms with van der Waals surface area (Å²) in [4.78, 5) is 24.6. The van der Waals surface area contributed by atoms with Gasteiger partial charge in [0, 0.05) is 22.8 Å². The van der Waals surface area contributed by atoms with E-state index in [0.29, 0.717) is 11.8 Å². The molecule has 0 saturated carbocycles. The summed E-state index contributed by atoms with van der Waals surface area (Å²) < 4.78 is 32.3. The third-order valence-corrected chi connectivity index (χ3v) is 5.20. The highest BCUT2D eigenvalue weighted by Crippen LogP contribution is 2.31. The summed E-state index contributed by atoms with van der Waals surface area (Å²) in [6.45, 7) is 6.07. The zero-order valence-corrected chi connectivity index (χ0v) is 18.3. The second-order valence-electron chi connectivity index (χ2n) is 6.65. The van der Waals surface area contributed by atoms with Crippen LogP contribution in [0.25, 0.3) is 6.08 Å². The Morgan fingerprint density at radius 1 is 1.32 bits per heavy atom. The highest BCUT2D eigenvalue weighted by molar-refractivity contribution is 7.99. The molecule has 0 bridgehead atoms. The van der Waals surface area contributed by atoms with Crippen molar-refractivity contribution in [2.75, 3.05) is 11.9 Å². The molecule has 0 aliphatic rings. The van der Waals surface area contributed by atoms with Gasteiger partial charge in [-0.2, -0.15) is 14.0 Å². The van der Waals surface area contributed by atoms with Crippen molar-refractivity contribution >= 4 is 35.4 Å². The van der Waals surface area contributed by atoms with E-state index in [-0.39, 0.29) is 16.2 Å². The van der Waals surface area contributed by atoms with Crippen molar-refractivity contribution in [2.24, 2.45) is 0 Å². The fourth-order valence-electron chi connectivity index (χ4n) is 3.00. The van der Waals surface area contributed by atoms with Gasteiger partial charge < -0.3 is 14.6 Å². The first kappa shape index (κ1) is 24.2. The molecule has 0 fully saturated rings. The highest BCUT2D eigenvalue weighted by Gasteiger charge is 2.17. The zero-order valence-electron chi connectivity index (χ0n) is 17.4. The number of nitrogens with zero attached hydrogens (tertiary/aromatic N) is 2. The third kappa shape index (κ3) is 6.69. The van der Waals surface area contributed by atoms with Crippen LogP contribution in [0, 0.1) is 25.2 Å². The van der Waals surface area contributed by atoms with E-state index in [1.807, 2.05) is 19.9 Å². The van der Waals surface area contributed by atoms with Crippen LogP contribution in [0.3, 0.4) is 0 Å². The van der Waals surface area contributed by atoms with Gasteiger partial charge in [0.05, 0.1) is 5.69 Å². The van der Waals surface area contributed by atoms with Gasteiger partial charge in [-0.1, -0.05) is 30.8 Å². The average Bonchev–Trinajstić information content (AvgIpc) is 2.99. The standard InChI is InChI=1S/C22H23F2N3O3S/c1-4-9-27-14(2)10-16(15(27)3)11-17(12-25)21(29)30-13-20(28)26-18-7-5-6-8-19(18)31-22(23)24/h5-8,10-11,22H,4,9,13H2,1-3H3,(H,26,28)/b17-11+. The first-order valence-electron chi connectivity index (χ1n) is 9.56. The number of amides is 1. The lowest BCUT2D eigenvalue weighted by molar-refractivity contribution is -0.142. The number of anilines is 1. The maximum atomic E-state index is 12.6. The van der Waals surface area contributed by atoms with Crippen LogP contribution in [-0.4, -0.2) is 28.8 Å². The van der Waals surface area contributed by atoms with Gasteiger partial charge in [0.2, 0.25) is 0 Å². The van der Waals surface area contributed by atoms with Crippen molar-refractivity contribution in [3.8, 4) is 6.07 Å². The Balaban J connectivity index is 2.05. The number of nitriles is 1. The summed E-state index contributed by atoms with van der Waals surface area (Å²) in [5.41, 5.74) is 2.61. The van der Waals surface area contributed by atoms with Gasteiger partial charge in [-0.15, -0.1) is 0 Å². The van der Waals surface area contributed by atoms with Crippen LogP contribution in [0.5, 0.6) is 0 Å². The summed E-state index contributed by atoms with van der Waals surface area (Å²) in [6.07, 6.45) is 2.38. The minimum absolute atomic E-state index is 0.188. The van der Waals surface area contributed by atoms with E-state index in [2.05, 4.69) is 16.8 Å². The molecule has 0 radical (unpaired) electrons. The quantitative estimate of drug-likeness (QED) is 0.255. The van der Waals surface area contributed by atoms with Gasteiger partial charge in [0.15, 0.2) is 6.61 Å². The number of rotatable bonds is 9. The van der Waals surface area contributed by atoms with Crippen LogP contribution in [0.4, 0.5) is 14.5 Å². The smallest absolute Gasteiger partial charge is 0.349 e. The summed E-state index contributed by atoms with van der Waals surface area (Å²) in [5.74, 6) is -4.28. The number of carbonyl (C=O) groups excluding carboxylic acids is 2. The molecule has 2 aromatic rings. The van der Waals surface area contributed by atoms with Crippen molar-refractivity contribution in [2.45, 2.75) is 44.4 Å². The van der Waals surface area contributed by atoms with Gasteiger partial charge in [-0.25, -0.2) is 4.79 Å². The Labute approximate surface area is 183 Å². The molecular weight excluding hydrogens is 424 g/mol. The number of hydrogen-bond acceptors (Lipinski definition) is 5. The lowest BCUT2D eigenvalue weighted by Gasteiger charge is -2.10. The van der Waals surface area contributed by atoms with Gasteiger partial charge in [-0.05, 0) is 50.1 Å². The maximum Gasteiger partial charge on any atom is 0.349 e. The number of thioether (sulfide) groups is 1. The van der Waals surface area contributed by atoms with Crippen molar-refractivity contribution in [1.82, 2.24) is 4.57 Å². The molecule has 1 N–H and O–H groups in total. The van der Waals surface area contributed by atoms with Crippen LogP contribution < -0.4 is 5.32 Å². The molecule has 2 rings (SSSR count). The normalized spacial score (nSPS) is 11.3. The maximum absolute atomic E-state index is 12.6.